The number of cyclic esters (lactones) is 2. The zero-order valence-electron chi connectivity index (χ0n) is 16.0. The molecule has 0 unspecified atom stereocenters. The summed E-state index contributed by atoms with van der Waals surface area (Å²) in [5.74, 6) is 0. The molecule has 2 heterocycles. The van der Waals surface area contributed by atoms with Crippen molar-refractivity contribution in [3.63, 3.8) is 0 Å². The molecular formula is C14H29Ar2N5O5. The van der Waals surface area contributed by atoms with Crippen LogP contribution in [0.25, 0.3) is 10.4 Å². The van der Waals surface area contributed by atoms with Crippen LogP contribution in [0.4, 0.5) is 9.59 Å². The first-order valence-electron chi connectivity index (χ1n) is 7.93. The number of likely N-dealkylation sites (N-methyl/N-ethyl adjacent to an activating group) is 2. The first-order chi connectivity index (χ1) is 11.5. The summed E-state index contributed by atoms with van der Waals surface area (Å²) in [6.07, 6.45) is -1.30. The van der Waals surface area contributed by atoms with Gasteiger partial charge in [0.15, 0.2) is 0 Å². The summed E-state index contributed by atoms with van der Waals surface area (Å²) >= 11 is 0. The fourth-order valence-electron chi connectivity index (χ4n) is 1.62. The third-order valence-corrected chi connectivity index (χ3v) is 2.67. The molecule has 2 aliphatic rings. The average molecular weight is 427 g/mol. The quantitative estimate of drug-likeness (QED) is 0.420. The van der Waals surface area contributed by atoms with E-state index in [0.717, 1.165) is 0 Å². The van der Waals surface area contributed by atoms with Gasteiger partial charge in [-0.3, -0.25) is 0 Å². The molecule has 2 atom stereocenters. The van der Waals surface area contributed by atoms with E-state index in [4.69, 9.17) is 15.4 Å². The van der Waals surface area contributed by atoms with Crippen LogP contribution in [-0.4, -0.2) is 79.6 Å². The van der Waals surface area contributed by atoms with Crippen molar-refractivity contribution in [3.05, 3.63) is 10.4 Å². The van der Waals surface area contributed by atoms with Gasteiger partial charge in [0.05, 0.1) is 26.2 Å². The molecule has 26 heavy (non-hydrogen) atoms. The standard InChI is InChI=1S/C5H8N4O2.C5H9NO3.2C2H6.2Ar/c1-9-3-4(2-7-8-6)11-5(9)10;1-6-2-4(3-7)9-5(6)8;2*1-2;;/h4H,2-3H2,1H3;4,7H,2-3H2,1H3;2*1-2H3;;/t2*4-;;;;/m01..../s1. The molecule has 0 aliphatic carbocycles. The molecule has 2 aliphatic heterocycles. The molecule has 10 nitrogen and oxygen atoms in total. The molecule has 12 heteroatoms. The van der Waals surface area contributed by atoms with E-state index < -0.39 is 0 Å². The van der Waals surface area contributed by atoms with Crippen molar-refractivity contribution < 1.29 is 99.6 Å². The Morgan fingerprint density at radius 2 is 1.42 bits per heavy atom. The number of hydrogen-bond acceptors (Lipinski definition) is 6. The van der Waals surface area contributed by atoms with Crippen molar-refractivity contribution >= 4 is 12.2 Å². The fourth-order valence-corrected chi connectivity index (χ4v) is 1.62. The molecule has 0 aromatic heterocycles. The summed E-state index contributed by atoms with van der Waals surface area (Å²) < 4.78 is 9.46. The van der Waals surface area contributed by atoms with Crippen LogP contribution in [0, 0.1) is 75.5 Å². The van der Waals surface area contributed by atoms with E-state index in [1.807, 2.05) is 27.7 Å². The first kappa shape index (κ1) is 33.9. The average Bonchev–Trinajstić information content (AvgIpc) is 3.11. The van der Waals surface area contributed by atoms with Crippen molar-refractivity contribution in [2.45, 2.75) is 39.9 Å². The zero-order chi connectivity index (χ0) is 19.1. The van der Waals surface area contributed by atoms with E-state index in [-0.39, 0.29) is 113 Å². The summed E-state index contributed by atoms with van der Waals surface area (Å²) in [5.41, 5.74) is 7.96. The predicted octanol–water partition coefficient (Wildman–Crippen LogP) is 2.23. The van der Waals surface area contributed by atoms with Crippen LogP contribution in [0.3, 0.4) is 0 Å². The third kappa shape index (κ3) is 14.4. The molecule has 0 spiro atoms. The Bertz CT molecular complexity index is 423. The van der Waals surface area contributed by atoms with Gasteiger partial charge in [-0.25, -0.2) is 9.59 Å². The molecule has 0 aromatic rings. The van der Waals surface area contributed by atoms with Gasteiger partial charge in [0, 0.05) is 94.5 Å². The molecule has 0 bridgehead atoms. The minimum atomic E-state index is -0.358. The second-order valence-electron chi connectivity index (χ2n) is 4.37. The van der Waals surface area contributed by atoms with E-state index in [1.165, 1.54) is 9.80 Å². The number of aliphatic hydroxyl groups is 1. The number of aliphatic hydroxyl groups excluding tert-OH is 1. The topological polar surface area (TPSA) is 128 Å². The number of ether oxygens (including phenoxy) is 2. The number of carbonyl (C=O) groups is 2. The monoisotopic (exact) mass is 427 g/mol. The zero-order valence-corrected chi connectivity index (χ0v) is 17.4. The van der Waals surface area contributed by atoms with Crippen molar-refractivity contribution in [1.82, 2.24) is 9.80 Å². The van der Waals surface area contributed by atoms with E-state index in [1.54, 1.807) is 14.1 Å². The normalized spacial score (nSPS) is 19.3. The Morgan fingerprint density at radius 3 is 1.65 bits per heavy atom. The second kappa shape index (κ2) is 21.6. The third-order valence-electron chi connectivity index (χ3n) is 2.67. The molecule has 0 radical (unpaired) electrons. The van der Waals surface area contributed by atoms with Crippen LogP contribution in [-0.2, 0) is 9.47 Å². The van der Waals surface area contributed by atoms with Gasteiger partial charge >= 0.3 is 12.2 Å². The van der Waals surface area contributed by atoms with Crippen molar-refractivity contribution in [3.8, 4) is 0 Å². The summed E-state index contributed by atoms with van der Waals surface area (Å²) in [6.45, 7) is 9.12. The van der Waals surface area contributed by atoms with Crippen LogP contribution in [0.1, 0.15) is 27.7 Å². The SMILES string of the molecule is CC.CC.CN1C[C@H](CN=[N+]=[N-])OC1=O.CN1C[C@H](CO)OC1=O.[Ar].[Ar]. The number of nitrogens with zero attached hydrogens (tertiary/aromatic N) is 5. The number of hydrogen-bond donors (Lipinski definition) is 1. The second-order valence-corrected chi connectivity index (χ2v) is 4.37. The van der Waals surface area contributed by atoms with Crippen LogP contribution >= 0.6 is 0 Å². The Kier molecular flexibility index (Phi) is 28.2. The Balaban J connectivity index is -0.000000148. The van der Waals surface area contributed by atoms with Gasteiger partial charge in [-0.2, -0.15) is 0 Å². The molecule has 2 saturated heterocycles. The number of carbonyl (C=O) groups excluding carboxylic acids is 2. The smallest absolute Gasteiger partial charge is 0.410 e. The number of amides is 2. The van der Waals surface area contributed by atoms with Gasteiger partial charge < -0.3 is 24.4 Å². The molecule has 2 amide bonds. The largest absolute Gasteiger partial charge is 0.444 e. The Labute approximate surface area is 215 Å². The van der Waals surface area contributed by atoms with Gasteiger partial charge in [0.25, 0.3) is 0 Å². The minimum absolute atomic E-state index is 0. The van der Waals surface area contributed by atoms with Crippen LogP contribution in [0.15, 0.2) is 5.11 Å². The Hall–Kier alpha value is 0.329. The van der Waals surface area contributed by atoms with Gasteiger partial charge in [-0.1, -0.05) is 32.8 Å². The molecular weight excluding hydrogens is 398 g/mol. The van der Waals surface area contributed by atoms with E-state index >= 15 is 0 Å². The van der Waals surface area contributed by atoms with Crippen molar-refractivity contribution in [1.29, 1.82) is 0 Å². The number of azide groups is 1. The molecule has 1 N–H and O–H groups in total. The van der Waals surface area contributed by atoms with Crippen molar-refractivity contribution in [2.24, 2.45) is 5.11 Å². The van der Waals surface area contributed by atoms with Crippen LogP contribution in [0.2, 0.25) is 0 Å². The summed E-state index contributed by atoms with van der Waals surface area (Å²) in [4.78, 5) is 26.7. The summed E-state index contributed by atoms with van der Waals surface area (Å²) in [6, 6.07) is 0. The van der Waals surface area contributed by atoms with Gasteiger partial charge in [0.2, 0.25) is 0 Å². The Morgan fingerprint density at radius 1 is 1.04 bits per heavy atom. The molecule has 2 fully saturated rings. The predicted molar refractivity (Wildman–Crippen MR) is 89.6 cm³/mol. The maximum absolute atomic E-state index is 10.7. The van der Waals surface area contributed by atoms with Gasteiger partial charge in [-0.05, 0) is 5.53 Å². The first-order valence-corrected chi connectivity index (χ1v) is 7.93. The van der Waals surface area contributed by atoms with E-state index in [9.17, 15) is 9.59 Å². The minimum Gasteiger partial charge on any atom is -0.444 e. The summed E-state index contributed by atoms with van der Waals surface area (Å²) in [5, 5.41) is 11.8. The van der Waals surface area contributed by atoms with Crippen LogP contribution in [0.5, 0.6) is 0 Å². The van der Waals surface area contributed by atoms with Gasteiger partial charge in [-0.15, -0.1) is 0 Å². The molecule has 156 valence electrons. The number of rotatable bonds is 3. The maximum Gasteiger partial charge on any atom is 0.410 e. The van der Waals surface area contributed by atoms with E-state index in [2.05, 4.69) is 14.8 Å². The maximum atomic E-state index is 10.7. The molecule has 0 aromatic carbocycles. The fraction of sp³-hybridized carbons (Fsp3) is 0.857. The van der Waals surface area contributed by atoms with Crippen molar-refractivity contribution in [2.75, 3.05) is 40.3 Å². The molecule has 0 saturated carbocycles. The summed E-state index contributed by atoms with van der Waals surface area (Å²) in [7, 11) is 3.27. The molecule has 2 rings (SSSR count). The van der Waals surface area contributed by atoms with E-state index in [0.29, 0.717) is 13.1 Å². The van der Waals surface area contributed by atoms with Gasteiger partial charge in [0.1, 0.15) is 12.2 Å². The van der Waals surface area contributed by atoms with Crippen LogP contribution < -0.4 is 0 Å².